The molecule has 1 fully saturated rings. The van der Waals surface area contributed by atoms with E-state index < -0.39 is 0 Å². The molecule has 3 rings (SSSR count). The first-order valence-corrected chi connectivity index (χ1v) is 8.45. The van der Waals surface area contributed by atoms with Gasteiger partial charge in [-0.15, -0.1) is 0 Å². The Morgan fingerprint density at radius 3 is 2.92 bits per heavy atom. The maximum Gasteiger partial charge on any atom is 0.226 e. The van der Waals surface area contributed by atoms with Crippen LogP contribution < -0.4 is 15.8 Å². The lowest BCUT2D eigenvalue weighted by Gasteiger charge is -2.23. The van der Waals surface area contributed by atoms with Crippen LogP contribution in [0.5, 0.6) is 5.75 Å². The van der Waals surface area contributed by atoms with Crippen LogP contribution in [0, 0.1) is 11.3 Å². The molecule has 4 N–H and O–H groups in total. The van der Waals surface area contributed by atoms with Gasteiger partial charge in [-0.1, -0.05) is 17.7 Å². The molecule has 2 heterocycles. The van der Waals surface area contributed by atoms with E-state index in [0.717, 1.165) is 32.6 Å². The molecule has 1 aliphatic heterocycles. The van der Waals surface area contributed by atoms with Crippen LogP contribution in [0.3, 0.4) is 0 Å². The Bertz CT molecular complexity index is 750. The van der Waals surface area contributed by atoms with Crippen molar-refractivity contribution in [1.29, 1.82) is 5.41 Å². The third kappa shape index (κ3) is 4.58. The highest BCUT2D eigenvalue weighted by molar-refractivity contribution is 6.30. The van der Waals surface area contributed by atoms with Crippen LogP contribution >= 0.6 is 11.6 Å². The number of hydrogen-bond acceptors (Lipinski definition) is 7. The molecule has 25 heavy (non-hydrogen) atoms. The lowest BCUT2D eigenvalue weighted by molar-refractivity contribution is 0.0699. The van der Waals surface area contributed by atoms with E-state index in [1.54, 1.807) is 24.3 Å². The molecular weight excluding hydrogens is 342 g/mol. The van der Waals surface area contributed by atoms with E-state index in [0.29, 0.717) is 28.1 Å². The first-order valence-electron chi connectivity index (χ1n) is 8.08. The minimum absolute atomic E-state index is 0.130. The Balaban J connectivity index is 1.74. The summed E-state index contributed by atoms with van der Waals surface area (Å²) < 4.78 is 10.9. The summed E-state index contributed by atoms with van der Waals surface area (Å²) in [5, 5.41) is 12.1. The number of nitrogens with zero attached hydrogens (tertiary/aromatic N) is 2. The smallest absolute Gasteiger partial charge is 0.226 e. The third-order valence-corrected chi connectivity index (χ3v) is 4.25. The quantitative estimate of drug-likeness (QED) is 0.558. The second kappa shape index (κ2) is 8.13. The van der Waals surface area contributed by atoms with Gasteiger partial charge in [0.25, 0.3) is 0 Å². The van der Waals surface area contributed by atoms with Crippen molar-refractivity contribution < 1.29 is 9.47 Å². The Hall–Kier alpha value is -2.38. The van der Waals surface area contributed by atoms with Gasteiger partial charge >= 0.3 is 0 Å². The first-order chi connectivity index (χ1) is 12.1. The highest BCUT2D eigenvalue weighted by Crippen LogP contribution is 2.23. The van der Waals surface area contributed by atoms with Gasteiger partial charge in [-0.2, -0.15) is 0 Å². The molecule has 7 nitrogen and oxygen atoms in total. The second-order valence-electron chi connectivity index (χ2n) is 5.81. The average molecular weight is 362 g/mol. The lowest BCUT2D eigenvalue weighted by atomic mass is 10.0. The normalized spacial score (nSPS) is 14.9. The molecule has 0 aliphatic carbocycles. The van der Waals surface area contributed by atoms with E-state index in [4.69, 9.17) is 32.2 Å². The summed E-state index contributed by atoms with van der Waals surface area (Å²) in [6.07, 6.45) is 3.37. The van der Waals surface area contributed by atoms with Gasteiger partial charge in [0.2, 0.25) is 5.90 Å². The van der Waals surface area contributed by atoms with Crippen LogP contribution in [-0.4, -0.2) is 35.6 Å². The SMILES string of the molecule is N=C(Oc1cccc(Cl)c1)c1c(N)ncnc1NCC1CCOCC1. The summed E-state index contributed by atoms with van der Waals surface area (Å²) in [6, 6.07) is 6.83. The molecular formula is C17H20ClN5O2. The van der Waals surface area contributed by atoms with Gasteiger partial charge in [-0.3, -0.25) is 5.41 Å². The molecule has 8 heteroatoms. The molecule has 132 valence electrons. The number of halogens is 1. The molecule has 0 spiro atoms. The van der Waals surface area contributed by atoms with Crippen molar-refractivity contribution in [3.8, 4) is 5.75 Å². The number of anilines is 2. The molecule has 0 saturated carbocycles. The zero-order valence-corrected chi connectivity index (χ0v) is 14.4. The molecule has 1 saturated heterocycles. The number of nitrogen functional groups attached to an aromatic ring is 1. The zero-order valence-electron chi connectivity index (χ0n) is 13.7. The molecule has 2 aromatic rings. The summed E-state index contributed by atoms with van der Waals surface area (Å²) in [5.74, 6) is 1.51. The van der Waals surface area contributed by atoms with Crippen LogP contribution in [0.4, 0.5) is 11.6 Å². The molecule has 0 atom stereocenters. The Morgan fingerprint density at radius 2 is 2.16 bits per heavy atom. The number of benzene rings is 1. The fourth-order valence-corrected chi connectivity index (χ4v) is 2.83. The zero-order chi connectivity index (χ0) is 17.6. The predicted octanol–water partition coefficient (Wildman–Crippen LogP) is 2.96. The highest BCUT2D eigenvalue weighted by Gasteiger charge is 2.19. The van der Waals surface area contributed by atoms with Gasteiger partial charge in [0.05, 0.1) is 0 Å². The van der Waals surface area contributed by atoms with Gasteiger partial charge in [-0.25, -0.2) is 9.97 Å². The molecule has 0 radical (unpaired) electrons. The fourth-order valence-electron chi connectivity index (χ4n) is 2.65. The summed E-state index contributed by atoms with van der Waals surface area (Å²) in [5.41, 5.74) is 6.30. The van der Waals surface area contributed by atoms with Gasteiger partial charge in [0, 0.05) is 24.8 Å². The van der Waals surface area contributed by atoms with Gasteiger partial charge in [-0.05, 0) is 37.0 Å². The van der Waals surface area contributed by atoms with Crippen molar-refractivity contribution in [2.75, 3.05) is 30.8 Å². The summed E-state index contributed by atoms with van der Waals surface area (Å²) in [7, 11) is 0. The molecule has 1 aliphatic rings. The number of rotatable bonds is 5. The van der Waals surface area contributed by atoms with Crippen LogP contribution in [0.15, 0.2) is 30.6 Å². The van der Waals surface area contributed by atoms with Gasteiger partial charge in [0.15, 0.2) is 0 Å². The number of ether oxygens (including phenoxy) is 2. The van der Waals surface area contributed by atoms with Gasteiger partial charge in [0.1, 0.15) is 29.3 Å². The van der Waals surface area contributed by atoms with E-state index in [9.17, 15) is 0 Å². The second-order valence-corrected chi connectivity index (χ2v) is 6.24. The Labute approximate surface area is 151 Å². The Kier molecular flexibility index (Phi) is 5.67. The van der Waals surface area contributed by atoms with E-state index in [2.05, 4.69) is 15.3 Å². The lowest BCUT2D eigenvalue weighted by Crippen LogP contribution is -2.24. The number of aromatic nitrogens is 2. The minimum atomic E-state index is -0.130. The number of hydrogen-bond donors (Lipinski definition) is 3. The van der Waals surface area contributed by atoms with Crippen LogP contribution in [0.1, 0.15) is 18.4 Å². The molecule has 1 aromatic carbocycles. The molecule has 1 aromatic heterocycles. The van der Waals surface area contributed by atoms with Crippen molar-refractivity contribution in [3.63, 3.8) is 0 Å². The Morgan fingerprint density at radius 1 is 1.36 bits per heavy atom. The predicted molar refractivity (Wildman–Crippen MR) is 97.4 cm³/mol. The first kappa shape index (κ1) is 17.4. The van der Waals surface area contributed by atoms with Crippen molar-refractivity contribution in [2.45, 2.75) is 12.8 Å². The van der Waals surface area contributed by atoms with Gasteiger partial charge < -0.3 is 20.5 Å². The topological polar surface area (TPSA) is 106 Å². The monoisotopic (exact) mass is 361 g/mol. The minimum Gasteiger partial charge on any atom is -0.439 e. The maximum atomic E-state index is 8.26. The van der Waals surface area contributed by atoms with E-state index >= 15 is 0 Å². The van der Waals surface area contributed by atoms with Crippen molar-refractivity contribution >= 4 is 29.1 Å². The fraction of sp³-hybridized carbons (Fsp3) is 0.353. The van der Waals surface area contributed by atoms with Crippen LogP contribution in [0.2, 0.25) is 5.02 Å². The van der Waals surface area contributed by atoms with E-state index in [1.165, 1.54) is 6.33 Å². The van der Waals surface area contributed by atoms with Crippen molar-refractivity contribution in [2.24, 2.45) is 5.92 Å². The number of nitrogens with one attached hydrogen (secondary N) is 2. The molecule has 0 amide bonds. The average Bonchev–Trinajstić information content (AvgIpc) is 2.61. The summed E-state index contributed by atoms with van der Waals surface area (Å²) in [4.78, 5) is 8.20. The third-order valence-electron chi connectivity index (χ3n) is 4.02. The van der Waals surface area contributed by atoms with E-state index in [1.807, 2.05) is 0 Å². The van der Waals surface area contributed by atoms with Crippen LogP contribution in [-0.2, 0) is 4.74 Å². The van der Waals surface area contributed by atoms with E-state index in [-0.39, 0.29) is 11.7 Å². The van der Waals surface area contributed by atoms with Crippen molar-refractivity contribution in [1.82, 2.24) is 9.97 Å². The maximum absolute atomic E-state index is 8.26. The van der Waals surface area contributed by atoms with Crippen molar-refractivity contribution in [3.05, 3.63) is 41.2 Å². The summed E-state index contributed by atoms with van der Waals surface area (Å²) >= 11 is 5.95. The molecule has 0 bridgehead atoms. The van der Waals surface area contributed by atoms with Crippen LogP contribution in [0.25, 0.3) is 0 Å². The highest BCUT2D eigenvalue weighted by atomic mass is 35.5. The number of nitrogens with two attached hydrogens (primary N) is 1. The molecule has 0 unspecified atom stereocenters. The summed E-state index contributed by atoms with van der Waals surface area (Å²) in [6.45, 7) is 2.29. The standard InChI is InChI=1S/C17H20ClN5O2/c18-12-2-1-3-13(8-12)25-16(20)14-15(19)22-10-23-17(14)21-9-11-4-6-24-7-5-11/h1-3,8,10-11,20H,4-7,9H2,(H3,19,21,22,23). The largest absolute Gasteiger partial charge is 0.439 e.